The zero-order valence-electron chi connectivity index (χ0n) is 12.8. The fraction of sp³-hybridized carbons (Fsp3) is 0.467. The monoisotopic (exact) mass is 309 g/mol. The zero-order valence-corrected chi connectivity index (χ0v) is 13.6. The molecule has 0 unspecified atom stereocenters. The van der Waals surface area contributed by atoms with Crippen LogP contribution >= 0.6 is 0 Å². The van der Waals surface area contributed by atoms with Gasteiger partial charge in [0.05, 0.1) is 5.75 Å². The van der Waals surface area contributed by atoms with Crippen LogP contribution < -0.4 is 4.72 Å². The summed E-state index contributed by atoms with van der Waals surface area (Å²) in [6.45, 7) is 1.00. The Bertz CT molecular complexity index is 705. The van der Waals surface area contributed by atoms with Gasteiger partial charge in [0.15, 0.2) is 0 Å². The SMILES string of the molecule is CNS(=O)(=O)CCc1ccc2[nH]c(CCN(C)C)cc2c1. The Balaban J connectivity index is 2.10. The van der Waals surface area contributed by atoms with Crippen molar-refractivity contribution < 1.29 is 8.42 Å². The predicted octanol–water partition coefficient (Wildman–Crippen LogP) is 1.36. The summed E-state index contributed by atoms with van der Waals surface area (Å²) in [5.74, 6) is 0.118. The summed E-state index contributed by atoms with van der Waals surface area (Å²) in [6, 6.07) is 8.22. The summed E-state index contributed by atoms with van der Waals surface area (Å²) in [4.78, 5) is 5.56. The fourth-order valence-electron chi connectivity index (χ4n) is 2.23. The molecule has 0 spiro atoms. The van der Waals surface area contributed by atoms with Gasteiger partial charge in [-0.2, -0.15) is 0 Å². The van der Waals surface area contributed by atoms with Gasteiger partial charge in [0.2, 0.25) is 10.0 Å². The maximum Gasteiger partial charge on any atom is 0.211 e. The Morgan fingerprint density at radius 2 is 1.95 bits per heavy atom. The maximum atomic E-state index is 11.5. The molecule has 0 saturated heterocycles. The molecule has 1 aromatic heterocycles. The van der Waals surface area contributed by atoms with E-state index >= 15 is 0 Å². The molecule has 5 nitrogen and oxygen atoms in total. The Morgan fingerprint density at radius 1 is 1.19 bits per heavy atom. The molecule has 0 radical (unpaired) electrons. The molecule has 1 aromatic carbocycles. The van der Waals surface area contributed by atoms with E-state index in [1.807, 2.05) is 12.1 Å². The van der Waals surface area contributed by atoms with E-state index in [1.165, 1.54) is 12.7 Å². The van der Waals surface area contributed by atoms with Crippen LogP contribution in [0.5, 0.6) is 0 Å². The number of aryl methyl sites for hydroxylation is 1. The number of nitrogens with one attached hydrogen (secondary N) is 2. The molecule has 0 fully saturated rings. The van der Waals surface area contributed by atoms with E-state index in [0.717, 1.165) is 29.4 Å². The fourth-order valence-corrected chi connectivity index (χ4v) is 2.94. The molecule has 2 rings (SSSR count). The van der Waals surface area contributed by atoms with Gasteiger partial charge in [-0.3, -0.25) is 0 Å². The molecule has 0 aliphatic heterocycles. The van der Waals surface area contributed by atoms with E-state index in [1.54, 1.807) is 0 Å². The van der Waals surface area contributed by atoms with Crippen LogP contribution in [0.25, 0.3) is 10.9 Å². The minimum Gasteiger partial charge on any atom is -0.358 e. The number of benzene rings is 1. The van der Waals surface area contributed by atoms with E-state index < -0.39 is 10.0 Å². The number of rotatable bonds is 7. The van der Waals surface area contributed by atoms with Crippen LogP contribution in [0.2, 0.25) is 0 Å². The van der Waals surface area contributed by atoms with Crippen molar-refractivity contribution in [2.75, 3.05) is 33.4 Å². The second-order valence-electron chi connectivity index (χ2n) is 5.54. The van der Waals surface area contributed by atoms with Crippen LogP contribution in [0.15, 0.2) is 24.3 Å². The average Bonchev–Trinajstić information content (AvgIpc) is 2.85. The molecule has 0 amide bonds. The number of nitrogens with zero attached hydrogens (tertiary/aromatic N) is 1. The summed E-state index contributed by atoms with van der Waals surface area (Å²) in [7, 11) is 2.42. The highest BCUT2D eigenvalue weighted by molar-refractivity contribution is 7.89. The van der Waals surface area contributed by atoms with E-state index in [2.05, 4.69) is 40.8 Å². The first-order chi connectivity index (χ1) is 9.89. The number of sulfonamides is 1. The van der Waals surface area contributed by atoms with Crippen LogP contribution in [0, 0.1) is 0 Å². The summed E-state index contributed by atoms with van der Waals surface area (Å²) < 4.78 is 25.3. The number of H-pyrrole nitrogens is 1. The Hall–Kier alpha value is -1.37. The first-order valence-corrected chi connectivity index (χ1v) is 8.71. The normalized spacial score (nSPS) is 12.4. The first kappa shape index (κ1) is 16.0. The van der Waals surface area contributed by atoms with Crippen molar-refractivity contribution in [2.24, 2.45) is 0 Å². The van der Waals surface area contributed by atoms with Crippen LogP contribution in [0.3, 0.4) is 0 Å². The molecule has 2 aromatic rings. The molecular weight excluding hydrogens is 286 g/mol. The van der Waals surface area contributed by atoms with E-state index in [9.17, 15) is 8.42 Å². The Kier molecular flexibility index (Phi) is 5.03. The number of aromatic nitrogens is 1. The average molecular weight is 309 g/mol. The van der Waals surface area contributed by atoms with Gasteiger partial charge in [-0.05, 0) is 56.7 Å². The number of aromatic amines is 1. The van der Waals surface area contributed by atoms with Gasteiger partial charge in [0.25, 0.3) is 0 Å². The largest absolute Gasteiger partial charge is 0.358 e. The molecule has 2 N–H and O–H groups in total. The van der Waals surface area contributed by atoms with Crippen LogP contribution in [0.1, 0.15) is 11.3 Å². The van der Waals surface area contributed by atoms with Gasteiger partial charge < -0.3 is 9.88 Å². The Labute approximate surface area is 126 Å². The van der Waals surface area contributed by atoms with Gasteiger partial charge in [-0.15, -0.1) is 0 Å². The summed E-state index contributed by atoms with van der Waals surface area (Å²) >= 11 is 0. The molecule has 116 valence electrons. The second kappa shape index (κ2) is 6.60. The highest BCUT2D eigenvalue weighted by Crippen LogP contribution is 2.18. The van der Waals surface area contributed by atoms with Crippen molar-refractivity contribution in [2.45, 2.75) is 12.8 Å². The lowest BCUT2D eigenvalue weighted by atomic mass is 10.1. The topological polar surface area (TPSA) is 65.2 Å². The molecule has 0 aliphatic carbocycles. The zero-order chi connectivity index (χ0) is 15.5. The lowest BCUT2D eigenvalue weighted by Gasteiger charge is -2.07. The summed E-state index contributed by atoms with van der Waals surface area (Å²) in [5.41, 5.74) is 3.35. The number of fused-ring (bicyclic) bond motifs is 1. The minimum absolute atomic E-state index is 0.118. The molecule has 6 heteroatoms. The van der Waals surface area contributed by atoms with E-state index in [-0.39, 0.29) is 5.75 Å². The van der Waals surface area contributed by atoms with Crippen molar-refractivity contribution in [3.63, 3.8) is 0 Å². The third-order valence-electron chi connectivity index (χ3n) is 3.54. The van der Waals surface area contributed by atoms with Crippen molar-refractivity contribution >= 4 is 20.9 Å². The van der Waals surface area contributed by atoms with Crippen molar-refractivity contribution in [1.29, 1.82) is 0 Å². The molecule has 0 saturated carbocycles. The number of hydrogen-bond acceptors (Lipinski definition) is 3. The number of likely N-dealkylation sites (N-methyl/N-ethyl adjacent to an activating group) is 1. The molecule has 21 heavy (non-hydrogen) atoms. The highest BCUT2D eigenvalue weighted by Gasteiger charge is 2.08. The highest BCUT2D eigenvalue weighted by atomic mass is 32.2. The van der Waals surface area contributed by atoms with Crippen LogP contribution in [-0.2, 0) is 22.9 Å². The van der Waals surface area contributed by atoms with Crippen LogP contribution in [-0.4, -0.2) is 51.7 Å². The first-order valence-electron chi connectivity index (χ1n) is 7.06. The lowest BCUT2D eigenvalue weighted by molar-refractivity contribution is 0.412. The molecule has 0 aliphatic rings. The predicted molar refractivity (Wildman–Crippen MR) is 87.1 cm³/mol. The van der Waals surface area contributed by atoms with Crippen molar-refractivity contribution in [3.05, 3.63) is 35.5 Å². The van der Waals surface area contributed by atoms with Gasteiger partial charge in [0.1, 0.15) is 0 Å². The van der Waals surface area contributed by atoms with Crippen molar-refractivity contribution in [3.8, 4) is 0 Å². The molecular formula is C15H23N3O2S. The van der Waals surface area contributed by atoms with E-state index in [4.69, 9.17) is 0 Å². The van der Waals surface area contributed by atoms with Gasteiger partial charge in [-0.25, -0.2) is 13.1 Å². The van der Waals surface area contributed by atoms with E-state index in [0.29, 0.717) is 6.42 Å². The third kappa shape index (κ3) is 4.56. The summed E-state index contributed by atoms with van der Waals surface area (Å²) in [5, 5.41) is 1.14. The minimum atomic E-state index is -3.15. The molecule has 0 atom stereocenters. The van der Waals surface area contributed by atoms with Gasteiger partial charge in [-0.1, -0.05) is 6.07 Å². The quantitative estimate of drug-likeness (QED) is 0.812. The van der Waals surface area contributed by atoms with Gasteiger partial charge >= 0.3 is 0 Å². The lowest BCUT2D eigenvalue weighted by Crippen LogP contribution is -2.23. The maximum absolute atomic E-state index is 11.5. The number of hydrogen-bond donors (Lipinski definition) is 2. The molecule has 0 bridgehead atoms. The molecule has 1 heterocycles. The standard InChI is InChI=1S/C15H23N3O2S/c1-16-21(19,20)9-7-12-4-5-15-13(10-12)11-14(17-15)6-8-18(2)3/h4-5,10-11,16-17H,6-9H2,1-3H3. The van der Waals surface area contributed by atoms with Crippen LogP contribution in [0.4, 0.5) is 0 Å². The van der Waals surface area contributed by atoms with Gasteiger partial charge in [0, 0.05) is 24.2 Å². The summed E-state index contributed by atoms with van der Waals surface area (Å²) in [6.07, 6.45) is 1.50. The third-order valence-corrected chi connectivity index (χ3v) is 4.90. The van der Waals surface area contributed by atoms with Crippen molar-refractivity contribution in [1.82, 2.24) is 14.6 Å². The smallest absolute Gasteiger partial charge is 0.211 e. The Morgan fingerprint density at radius 3 is 2.62 bits per heavy atom. The second-order valence-corrected chi connectivity index (χ2v) is 7.59.